The number of benzene rings is 2. The van der Waals surface area contributed by atoms with Gasteiger partial charge in [-0.3, -0.25) is 0 Å². The van der Waals surface area contributed by atoms with Gasteiger partial charge in [0.05, 0.1) is 5.69 Å². The van der Waals surface area contributed by atoms with Crippen LogP contribution in [0.5, 0.6) is 0 Å². The number of hydrogen-bond donors (Lipinski definition) is 0. The van der Waals surface area contributed by atoms with Crippen LogP contribution in [0.4, 0.5) is 0 Å². The van der Waals surface area contributed by atoms with E-state index in [-0.39, 0.29) is 0 Å². The van der Waals surface area contributed by atoms with Gasteiger partial charge in [-0.25, -0.2) is 4.98 Å². The Bertz CT molecular complexity index is 752. The second-order valence-corrected chi connectivity index (χ2v) is 5.23. The third-order valence-electron chi connectivity index (χ3n) is 3.22. The predicted octanol–water partition coefficient (Wildman–Crippen LogP) is 5.52. The van der Waals surface area contributed by atoms with Crippen LogP contribution in [-0.4, -0.2) is 4.98 Å². The summed E-state index contributed by atoms with van der Waals surface area (Å²) in [5.41, 5.74) is 3.05. The van der Waals surface area contributed by atoms with Crippen molar-refractivity contribution in [3.8, 4) is 11.3 Å². The molecule has 0 spiro atoms. The predicted molar refractivity (Wildman–Crippen MR) is 81.9 cm³/mol. The molecule has 19 heavy (non-hydrogen) atoms. The molecule has 0 saturated heterocycles. The SMILES string of the molecule is Cc1c(-c2ccccc2)nc(Cl)c2ccc(Cl)cc12. The van der Waals surface area contributed by atoms with E-state index in [0.29, 0.717) is 10.2 Å². The zero-order valence-corrected chi connectivity index (χ0v) is 11.8. The highest BCUT2D eigenvalue weighted by Crippen LogP contribution is 2.33. The minimum Gasteiger partial charge on any atom is -0.235 e. The first-order chi connectivity index (χ1) is 9.16. The van der Waals surface area contributed by atoms with E-state index in [9.17, 15) is 0 Å². The molecule has 1 heterocycles. The van der Waals surface area contributed by atoms with Gasteiger partial charge in [-0.1, -0.05) is 53.5 Å². The number of halogens is 2. The molecule has 94 valence electrons. The third kappa shape index (κ3) is 2.20. The van der Waals surface area contributed by atoms with Crippen molar-refractivity contribution < 1.29 is 0 Å². The van der Waals surface area contributed by atoms with Crippen LogP contribution in [-0.2, 0) is 0 Å². The molecule has 1 nitrogen and oxygen atoms in total. The second kappa shape index (κ2) is 4.84. The molecule has 0 aliphatic heterocycles. The zero-order chi connectivity index (χ0) is 13.4. The molecule has 0 aliphatic carbocycles. The Morgan fingerprint density at radius 3 is 2.37 bits per heavy atom. The Hall–Kier alpha value is -1.57. The Balaban J connectivity index is 2.36. The van der Waals surface area contributed by atoms with Gasteiger partial charge < -0.3 is 0 Å². The smallest absolute Gasteiger partial charge is 0.137 e. The van der Waals surface area contributed by atoms with Crippen molar-refractivity contribution >= 4 is 34.0 Å². The molecule has 0 atom stereocenters. The minimum atomic E-state index is 0.510. The summed E-state index contributed by atoms with van der Waals surface area (Å²) in [5.74, 6) is 0. The number of pyridine rings is 1. The van der Waals surface area contributed by atoms with E-state index in [1.807, 2.05) is 55.5 Å². The molecule has 0 radical (unpaired) electrons. The van der Waals surface area contributed by atoms with Crippen molar-refractivity contribution in [3.05, 3.63) is 64.3 Å². The molecule has 0 saturated carbocycles. The van der Waals surface area contributed by atoms with Gasteiger partial charge in [0.15, 0.2) is 0 Å². The van der Waals surface area contributed by atoms with Gasteiger partial charge in [-0.2, -0.15) is 0 Å². The lowest BCUT2D eigenvalue weighted by Gasteiger charge is -2.10. The first kappa shape index (κ1) is 12.5. The van der Waals surface area contributed by atoms with E-state index in [0.717, 1.165) is 27.6 Å². The van der Waals surface area contributed by atoms with E-state index in [1.165, 1.54) is 0 Å². The van der Waals surface area contributed by atoms with Crippen LogP contribution in [0, 0.1) is 6.92 Å². The fraction of sp³-hybridized carbons (Fsp3) is 0.0625. The van der Waals surface area contributed by atoms with Crippen LogP contribution in [0.15, 0.2) is 48.5 Å². The number of aryl methyl sites for hydroxylation is 1. The Labute approximate surface area is 121 Å². The number of hydrogen-bond acceptors (Lipinski definition) is 1. The number of fused-ring (bicyclic) bond motifs is 1. The maximum absolute atomic E-state index is 6.28. The van der Waals surface area contributed by atoms with Gasteiger partial charge >= 0.3 is 0 Å². The highest BCUT2D eigenvalue weighted by molar-refractivity contribution is 6.35. The molecule has 3 aromatic rings. The molecule has 0 bridgehead atoms. The summed E-state index contributed by atoms with van der Waals surface area (Å²) < 4.78 is 0. The fourth-order valence-corrected chi connectivity index (χ4v) is 2.67. The van der Waals surface area contributed by atoms with Crippen LogP contribution < -0.4 is 0 Å². The number of aromatic nitrogens is 1. The topological polar surface area (TPSA) is 12.9 Å². The van der Waals surface area contributed by atoms with Gasteiger partial charge in [-0.05, 0) is 36.1 Å². The van der Waals surface area contributed by atoms with E-state index < -0.39 is 0 Å². The number of rotatable bonds is 1. The van der Waals surface area contributed by atoms with Crippen LogP contribution in [0.25, 0.3) is 22.0 Å². The maximum Gasteiger partial charge on any atom is 0.137 e. The molecule has 0 N–H and O–H groups in total. The summed E-state index contributed by atoms with van der Waals surface area (Å²) >= 11 is 12.4. The van der Waals surface area contributed by atoms with Gasteiger partial charge in [0.25, 0.3) is 0 Å². The summed E-state index contributed by atoms with van der Waals surface area (Å²) in [4.78, 5) is 4.52. The van der Waals surface area contributed by atoms with E-state index >= 15 is 0 Å². The van der Waals surface area contributed by atoms with Crippen LogP contribution >= 0.6 is 23.2 Å². The summed E-state index contributed by atoms with van der Waals surface area (Å²) in [6, 6.07) is 15.7. The highest BCUT2D eigenvalue weighted by atomic mass is 35.5. The summed E-state index contributed by atoms with van der Waals surface area (Å²) in [7, 11) is 0. The average molecular weight is 288 g/mol. The molecular formula is C16H11Cl2N. The fourth-order valence-electron chi connectivity index (χ4n) is 2.25. The second-order valence-electron chi connectivity index (χ2n) is 4.43. The molecule has 0 fully saturated rings. The van der Waals surface area contributed by atoms with Crippen molar-refractivity contribution in [3.63, 3.8) is 0 Å². The summed E-state index contributed by atoms with van der Waals surface area (Å²) in [6.45, 7) is 2.05. The standard InChI is InChI=1S/C16H11Cl2N/c1-10-14-9-12(17)7-8-13(14)16(18)19-15(10)11-5-3-2-4-6-11/h2-9H,1H3. The van der Waals surface area contributed by atoms with Crippen LogP contribution in [0.3, 0.4) is 0 Å². The van der Waals surface area contributed by atoms with Crippen molar-refractivity contribution in [2.45, 2.75) is 6.92 Å². The summed E-state index contributed by atoms with van der Waals surface area (Å²) in [6.07, 6.45) is 0. The van der Waals surface area contributed by atoms with Crippen molar-refractivity contribution in [1.82, 2.24) is 4.98 Å². The van der Waals surface area contributed by atoms with Crippen LogP contribution in [0.2, 0.25) is 10.2 Å². The number of nitrogens with zero attached hydrogens (tertiary/aromatic N) is 1. The maximum atomic E-state index is 6.28. The monoisotopic (exact) mass is 287 g/mol. The van der Waals surface area contributed by atoms with Crippen molar-refractivity contribution in [2.75, 3.05) is 0 Å². The Kier molecular flexibility index (Phi) is 3.17. The normalized spacial score (nSPS) is 10.9. The largest absolute Gasteiger partial charge is 0.235 e. The minimum absolute atomic E-state index is 0.510. The molecule has 0 amide bonds. The lowest BCUT2D eigenvalue weighted by atomic mass is 10.0. The third-order valence-corrected chi connectivity index (χ3v) is 3.74. The first-order valence-electron chi connectivity index (χ1n) is 5.97. The highest BCUT2D eigenvalue weighted by Gasteiger charge is 2.11. The van der Waals surface area contributed by atoms with Crippen molar-refractivity contribution in [1.29, 1.82) is 0 Å². The van der Waals surface area contributed by atoms with Crippen LogP contribution in [0.1, 0.15) is 5.56 Å². The van der Waals surface area contributed by atoms with E-state index in [1.54, 1.807) is 0 Å². The molecule has 3 heteroatoms. The van der Waals surface area contributed by atoms with E-state index in [2.05, 4.69) is 4.98 Å². The lowest BCUT2D eigenvalue weighted by molar-refractivity contribution is 1.31. The van der Waals surface area contributed by atoms with Gasteiger partial charge in [0, 0.05) is 16.0 Å². The molecule has 0 unspecified atom stereocenters. The van der Waals surface area contributed by atoms with E-state index in [4.69, 9.17) is 23.2 Å². The van der Waals surface area contributed by atoms with Crippen molar-refractivity contribution in [2.24, 2.45) is 0 Å². The molecular weight excluding hydrogens is 277 g/mol. The summed E-state index contributed by atoms with van der Waals surface area (Å²) in [5, 5.41) is 3.20. The Morgan fingerprint density at radius 1 is 0.895 bits per heavy atom. The van der Waals surface area contributed by atoms with Gasteiger partial charge in [0.2, 0.25) is 0 Å². The molecule has 2 aromatic carbocycles. The quantitative estimate of drug-likeness (QED) is 0.537. The lowest BCUT2D eigenvalue weighted by Crippen LogP contribution is -1.92. The Morgan fingerprint density at radius 2 is 1.63 bits per heavy atom. The molecule has 0 aliphatic rings. The molecule has 1 aromatic heterocycles. The average Bonchev–Trinajstić information content (AvgIpc) is 2.43. The first-order valence-corrected chi connectivity index (χ1v) is 6.73. The zero-order valence-electron chi connectivity index (χ0n) is 10.3. The van der Waals surface area contributed by atoms with Gasteiger partial charge in [0.1, 0.15) is 5.15 Å². The molecule has 3 rings (SSSR count). The van der Waals surface area contributed by atoms with Gasteiger partial charge in [-0.15, -0.1) is 0 Å².